The Morgan fingerprint density at radius 2 is 2.24 bits per heavy atom. The molecule has 2 heterocycles. The molecular formula is C14H25N5OS. The van der Waals surface area contributed by atoms with Crippen LogP contribution in [0.1, 0.15) is 42.8 Å². The van der Waals surface area contributed by atoms with Crippen molar-refractivity contribution in [3.63, 3.8) is 0 Å². The van der Waals surface area contributed by atoms with Crippen LogP contribution in [0.2, 0.25) is 0 Å². The van der Waals surface area contributed by atoms with E-state index in [1.54, 1.807) is 0 Å². The minimum Gasteiger partial charge on any atom is -0.382 e. The monoisotopic (exact) mass is 311 g/mol. The Labute approximate surface area is 130 Å². The fourth-order valence-corrected chi connectivity index (χ4v) is 3.29. The lowest BCUT2D eigenvalue weighted by Crippen LogP contribution is -2.43. The van der Waals surface area contributed by atoms with Gasteiger partial charge >= 0.3 is 0 Å². The largest absolute Gasteiger partial charge is 0.382 e. The van der Waals surface area contributed by atoms with Gasteiger partial charge in [0.1, 0.15) is 10.7 Å². The van der Waals surface area contributed by atoms with E-state index in [0.717, 1.165) is 50.6 Å². The van der Waals surface area contributed by atoms with Crippen molar-refractivity contribution in [3.05, 3.63) is 4.88 Å². The van der Waals surface area contributed by atoms with Crippen LogP contribution in [0.25, 0.3) is 0 Å². The summed E-state index contributed by atoms with van der Waals surface area (Å²) in [5, 5.41) is 7.16. The van der Waals surface area contributed by atoms with E-state index < -0.39 is 0 Å². The summed E-state index contributed by atoms with van der Waals surface area (Å²) in [6, 6.07) is 0.168. The number of nitrogen functional groups attached to an aromatic ring is 1. The number of nitrogens with one attached hydrogen (secondary N) is 2. The molecule has 1 unspecified atom stereocenters. The van der Waals surface area contributed by atoms with Gasteiger partial charge in [0, 0.05) is 32.2 Å². The summed E-state index contributed by atoms with van der Waals surface area (Å²) in [4.78, 5) is 19.4. The second-order valence-corrected chi connectivity index (χ2v) is 6.44. The molecule has 6 nitrogen and oxygen atoms in total. The Morgan fingerprint density at radius 3 is 2.90 bits per heavy atom. The van der Waals surface area contributed by atoms with E-state index in [-0.39, 0.29) is 11.9 Å². The lowest BCUT2D eigenvalue weighted by atomic mass is 10.1. The molecule has 1 aliphatic heterocycles. The van der Waals surface area contributed by atoms with Crippen molar-refractivity contribution in [2.75, 3.05) is 36.8 Å². The van der Waals surface area contributed by atoms with Gasteiger partial charge in [-0.25, -0.2) is 4.98 Å². The zero-order valence-electron chi connectivity index (χ0n) is 12.8. The molecule has 1 fully saturated rings. The van der Waals surface area contributed by atoms with Crippen molar-refractivity contribution in [3.8, 4) is 0 Å². The van der Waals surface area contributed by atoms with Crippen molar-refractivity contribution in [2.24, 2.45) is 0 Å². The van der Waals surface area contributed by atoms with Gasteiger partial charge in [-0.15, -0.1) is 0 Å². The van der Waals surface area contributed by atoms with E-state index in [1.807, 2.05) is 6.92 Å². The average Bonchev–Trinajstić information content (AvgIpc) is 2.88. The molecule has 1 amide bonds. The van der Waals surface area contributed by atoms with Crippen molar-refractivity contribution in [1.82, 2.24) is 15.6 Å². The van der Waals surface area contributed by atoms with Crippen molar-refractivity contribution in [2.45, 2.75) is 39.2 Å². The quantitative estimate of drug-likeness (QED) is 0.740. The smallest absolute Gasteiger partial charge is 0.265 e. The molecule has 1 atom stereocenters. The van der Waals surface area contributed by atoms with Gasteiger partial charge in [0.2, 0.25) is 0 Å². The van der Waals surface area contributed by atoms with E-state index in [9.17, 15) is 4.79 Å². The third-order valence-corrected chi connectivity index (χ3v) is 4.73. The summed E-state index contributed by atoms with van der Waals surface area (Å²) < 4.78 is 0. The fraction of sp³-hybridized carbons (Fsp3) is 0.714. The standard InChI is InChI=1S/C14H25N5OS/c1-3-4-5-10(2)17-13(20)11-12(15)18-14(21-11)19-8-6-16-7-9-19/h10,16H,3-9,15H2,1-2H3,(H,17,20). The molecule has 7 heteroatoms. The van der Waals surface area contributed by atoms with Gasteiger partial charge in [0.25, 0.3) is 5.91 Å². The van der Waals surface area contributed by atoms with Gasteiger partial charge in [0.15, 0.2) is 5.13 Å². The zero-order chi connectivity index (χ0) is 15.2. The van der Waals surface area contributed by atoms with Gasteiger partial charge in [-0.05, 0) is 13.3 Å². The van der Waals surface area contributed by atoms with Gasteiger partial charge in [-0.3, -0.25) is 4.79 Å². The van der Waals surface area contributed by atoms with Crippen LogP contribution in [-0.4, -0.2) is 43.1 Å². The number of unbranched alkanes of at least 4 members (excludes halogenated alkanes) is 1. The summed E-state index contributed by atoms with van der Waals surface area (Å²) in [7, 11) is 0. The first-order valence-corrected chi connectivity index (χ1v) is 8.46. The third kappa shape index (κ3) is 4.31. The maximum absolute atomic E-state index is 12.3. The van der Waals surface area contributed by atoms with Gasteiger partial charge in [-0.1, -0.05) is 31.1 Å². The maximum Gasteiger partial charge on any atom is 0.265 e. The number of piperazine rings is 1. The van der Waals surface area contributed by atoms with Gasteiger partial charge < -0.3 is 21.3 Å². The molecule has 0 aliphatic carbocycles. The molecule has 1 aliphatic rings. The second kappa shape index (κ2) is 7.61. The first kappa shape index (κ1) is 16.0. The molecule has 2 rings (SSSR count). The molecule has 4 N–H and O–H groups in total. The SMILES string of the molecule is CCCCC(C)NC(=O)c1sc(N2CCNCC2)nc1N. The highest BCUT2D eigenvalue weighted by molar-refractivity contribution is 7.18. The molecule has 0 bridgehead atoms. The predicted octanol–water partition coefficient (Wildman–Crippen LogP) is 1.44. The third-order valence-electron chi connectivity index (χ3n) is 3.60. The number of thiazole rings is 1. The van der Waals surface area contributed by atoms with E-state index in [0.29, 0.717) is 10.7 Å². The molecule has 0 spiro atoms. The number of nitrogens with zero attached hydrogens (tertiary/aromatic N) is 2. The minimum absolute atomic E-state index is 0.102. The molecule has 1 saturated heterocycles. The first-order valence-electron chi connectivity index (χ1n) is 7.64. The lowest BCUT2D eigenvalue weighted by Gasteiger charge is -2.26. The van der Waals surface area contributed by atoms with Crippen LogP contribution in [0.4, 0.5) is 10.9 Å². The van der Waals surface area contributed by atoms with Crippen LogP contribution in [0.5, 0.6) is 0 Å². The zero-order valence-corrected chi connectivity index (χ0v) is 13.6. The molecular weight excluding hydrogens is 286 g/mol. The summed E-state index contributed by atoms with van der Waals surface area (Å²) in [6.45, 7) is 7.86. The number of anilines is 2. The highest BCUT2D eigenvalue weighted by atomic mass is 32.1. The Hall–Kier alpha value is -1.34. The van der Waals surface area contributed by atoms with Crippen molar-refractivity contribution >= 4 is 28.2 Å². The topological polar surface area (TPSA) is 83.3 Å². The Morgan fingerprint density at radius 1 is 1.52 bits per heavy atom. The molecule has 1 aromatic heterocycles. The summed E-state index contributed by atoms with van der Waals surface area (Å²) in [5.74, 6) is 0.240. The number of hydrogen-bond donors (Lipinski definition) is 3. The van der Waals surface area contributed by atoms with Gasteiger partial charge in [-0.2, -0.15) is 0 Å². The van der Waals surface area contributed by atoms with Crippen molar-refractivity contribution < 1.29 is 4.79 Å². The van der Waals surface area contributed by atoms with Crippen LogP contribution in [0.15, 0.2) is 0 Å². The molecule has 21 heavy (non-hydrogen) atoms. The second-order valence-electron chi connectivity index (χ2n) is 5.46. The molecule has 0 aromatic carbocycles. The summed E-state index contributed by atoms with van der Waals surface area (Å²) >= 11 is 1.39. The lowest BCUT2D eigenvalue weighted by molar-refractivity contribution is 0.0943. The van der Waals surface area contributed by atoms with E-state index >= 15 is 0 Å². The van der Waals surface area contributed by atoms with Crippen LogP contribution < -0.4 is 21.3 Å². The number of carbonyl (C=O) groups excluding carboxylic acids is 1. The molecule has 0 saturated carbocycles. The number of aromatic nitrogens is 1. The highest BCUT2D eigenvalue weighted by Crippen LogP contribution is 2.28. The average molecular weight is 311 g/mol. The minimum atomic E-state index is -0.102. The first-order chi connectivity index (χ1) is 10.1. The molecule has 0 radical (unpaired) electrons. The molecule has 1 aromatic rings. The van der Waals surface area contributed by atoms with Crippen molar-refractivity contribution in [1.29, 1.82) is 0 Å². The number of rotatable bonds is 6. The van der Waals surface area contributed by atoms with Gasteiger partial charge in [0.05, 0.1) is 0 Å². The van der Waals surface area contributed by atoms with E-state index in [1.165, 1.54) is 11.3 Å². The van der Waals surface area contributed by atoms with Crippen LogP contribution >= 0.6 is 11.3 Å². The predicted molar refractivity (Wildman–Crippen MR) is 88.1 cm³/mol. The Kier molecular flexibility index (Phi) is 5.81. The number of amides is 1. The summed E-state index contributed by atoms with van der Waals surface area (Å²) in [6.07, 6.45) is 3.24. The number of hydrogen-bond acceptors (Lipinski definition) is 6. The Bertz CT molecular complexity index is 470. The normalized spacial score (nSPS) is 16.8. The van der Waals surface area contributed by atoms with E-state index in [4.69, 9.17) is 5.73 Å². The number of nitrogens with two attached hydrogens (primary N) is 1. The highest BCUT2D eigenvalue weighted by Gasteiger charge is 2.21. The summed E-state index contributed by atoms with van der Waals surface area (Å²) in [5.41, 5.74) is 5.92. The van der Waals surface area contributed by atoms with Crippen LogP contribution in [-0.2, 0) is 0 Å². The van der Waals surface area contributed by atoms with Crippen LogP contribution in [0.3, 0.4) is 0 Å². The molecule has 118 valence electrons. The van der Waals surface area contributed by atoms with Crippen LogP contribution in [0, 0.1) is 0 Å². The Balaban J connectivity index is 1.99. The van der Waals surface area contributed by atoms with E-state index in [2.05, 4.69) is 27.4 Å². The number of carbonyl (C=O) groups is 1. The fourth-order valence-electron chi connectivity index (χ4n) is 2.35. The maximum atomic E-state index is 12.3.